The van der Waals surface area contributed by atoms with Crippen LogP contribution in [0, 0.1) is 6.92 Å². The van der Waals surface area contributed by atoms with E-state index in [-0.39, 0.29) is 0 Å². The summed E-state index contributed by atoms with van der Waals surface area (Å²) in [5.41, 5.74) is 3.53. The quantitative estimate of drug-likeness (QED) is 0.660. The minimum atomic E-state index is 0.711. The van der Waals surface area contributed by atoms with E-state index in [0.29, 0.717) is 10.6 Å². The summed E-state index contributed by atoms with van der Waals surface area (Å²) in [5, 5.41) is 1.64. The van der Waals surface area contributed by atoms with Crippen molar-refractivity contribution in [3.05, 3.63) is 45.3 Å². The Hall–Kier alpha value is -1.58. The average Bonchev–Trinajstić information content (AvgIpc) is 3.06. The first-order chi connectivity index (χ1) is 9.65. The molecule has 0 spiro atoms. The second-order valence-corrected chi connectivity index (χ2v) is 6.32. The maximum atomic E-state index is 11.5. The summed E-state index contributed by atoms with van der Waals surface area (Å²) in [6, 6.07) is 7.93. The maximum absolute atomic E-state index is 11.5. The average molecular weight is 304 g/mol. The maximum Gasteiger partial charge on any atom is 0.152 e. The molecule has 1 N–H and O–H groups in total. The molecule has 0 saturated carbocycles. The summed E-state index contributed by atoms with van der Waals surface area (Å²) in [5.74, 6) is 0. The van der Waals surface area contributed by atoms with Crippen LogP contribution in [0.3, 0.4) is 0 Å². The Morgan fingerprint density at radius 3 is 2.75 bits per heavy atom. The molecule has 20 heavy (non-hydrogen) atoms. The zero-order chi connectivity index (χ0) is 14.3. The molecule has 102 valence electrons. The normalized spacial score (nSPS) is 11.2. The van der Waals surface area contributed by atoms with Gasteiger partial charge >= 0.3 is 0 Å². The fourth-order valence-electron chi connectivity index (χ4n) is 2.42. The van der Waals surface area contributed by atoms with Crippen LogP contribution in [-0.2, 0) is 6.42 Å². The highest BCUT2D eigenvalue weighted by atomic mass is 35.5. The number of aldehydes is 1. The Labute approximate surface area is 126 Å². The highest BCUT2D eigenvalue weighted by molar-refractivity contribution is 7.15. The number of fused-ring (bicyclic) bond motifs is 1. The number of H-pyrrole nitrogens is 1. The first-order valence-electron chi connectivity index (χ1n) is 6.50. The number of aryl methyl sites for hydroxylation is 2. The molecule has 3 aromatic rings. The first kappa shape index (κ1) is 13.4. The van der Waals surface area contributed by atoms with Crippen molar-refractivity contribution in [3.63, 3.8) is 0 Å². The molecule has 1 aromatic carbocycles. The van der Waals surface area contributed by atoms with Gasteiger partial charge in [-0.2, -0.15) is 0 Å². The van der Waals surface area contributed by atoms with Gasteiger partial charge in [-0.3, -0.25) is 4.79 Å². The van der Waals surface area contributed by atoms with Crippen molar-refractivity contribution in [2.24, 2.45) is 0 Å². The van der Waals surface area contributed by atoms with Gasteiger partial charge in [-0.1, -0.05) is 24.6 Å². The summed E-state index contributed by atoms with van der Waals surface area (Å²) in [6.45, 7) is 4.09. The van der Waals surface area contributed by atoms with E-state index in [0.717, 1.165) is 39.7 Å². The molecular formula is C16H14ClNOS. The third kappa shape index (κ3) is 1.98. The molecule has 4 heteroatoms. The van der Waals surface area contributed by atoms with Gasteiger partial charge in [0, 0.05) is 20.8 Å². The van der Waals surface area contributed by atoms with Crippen LogP contribution in [-0.4, -0.2) is 11.3 Å². The number of halogens is 1. The van der Waals surface area contributed by atoms with E-state index in [9.17, 15) is 4.79 Å². The minimum absolute atomic E-state index is 0.711. The van der Waals surface area contributed by atoms with E-state index >= 15 is 0 Å². The third-order valence-corrected chi connectivity index (χ3v) is 5.24. The number of nitrogens with one attached hydrogen (secondary N) is 1. The number of thiophene rings is 1. The van der Waals surface area contributed by atoms with Crippen molar-refractivity contribution < 1.29 is 4.79 Å². The van der Waals surface area contributed by atoms with E-state index < -0.39 is 0 Å². The Morgan fingerprint density at radius 2 is 2.10 bits per heavy atom. The van der Waals surface area contributed by atoms with Crippen LogP contribution in [0.4, 0.5) is 0 Å². The number of carbonyl (C=O) groups excluding carboxylic acids is 1. The molecule has 2 nitrogen and oxygen atoms in total. The summed E-state index contributed by atoms with van der Waals surface area (Å²) in [6.07, 6.45) is 1.93. The van der Waals surface area contributed by atoms with Gasteiger partial charge in [0.1, 0.15) is 0 Å². The lowest BCUT2D eigenvalue weighted by atomic mass is 10.1. The van der Waals surface area contributed by atoms with Crippen LogP contribution in [0.1, 0.15) is 27.7 Å². The summed E-state index contributed by atoms with van der Waals surface area (Å²) >= 11 is 7.88. The lowest BCUT2D eigenvalue weighted by Gasteiger charge is -1.98. The molecule has 2 heterocycles. The molecule has 0 amide bonds. The summed E-state index contributed by atoms with van der Waals surface area (Å²) < 4.78 is 0. The molecule has 0 aliphatic carbocycles. The van der Waals surface area contributed by atoms with Crippen molar-refractivity contribution in [1.82, 2.24) is 4.98 Å². The van der Waals surface area contributed by atoms with Gasteiger partial charge in [-0.05, 0) is 37.1 Å². The zero-order valence-electron chi connectivity index (χ0n) is 11.3. The van der Waals surface area contributed by atoms with Gasteiger partial charge in [0.2, 0.25) is 0 Å². The van der Waals surface area contributed by atoms with Gasteiger partial charge in [-0.15, -0.1) is 11.3 Å². The molecule has 0 unspecified atom stereocenters. The lowest BCUT2D eigenvalue weighted by Crippen LogP contribution is -1.81. The van der Waals surface area contributed by atoms with Gasteiger partial charge in [0.15, 0.2) is 6.29 Å². The molecule has 0 atom stereocenters. The van der Waals surface area contributed by atoms with E-state index in [4.69, 9.17) is 11.6 Å². The van der Waals surface area contributed by atoms with Crippen molar-refractivity contribution in [1.29, 1.82) is 0 Å². The van der Waals surface area contributed by atoms with E-state index in [1.807, 2.05) is 19.1 Å². The van der Waals surface area contributed by atoms with Crippen molar-refractivity contribution >= 4 is 40.1 Å². The monoisotopic (exact) mass is 303 g/mol. The molecule has 2 aromatic heterocycles. The standard InChI is InChI=1S/C16H14ClNOS/c1-3-10-4-7-14(20-10)16-12(8-19)11-5-6-13(17)9(2)15(11)18-16/h4-8,18H,3H2,1-2H3. The number of hydrogen-bond donors (Lipinski definition) is 1. The molecule has 0 bridgehead atoms. The minimum Gasteiger partial charge on any atom is -0.353 e. The van der Waals surface area contributed by atoms with E-state index in [1.165, 1.54) is 4.88 Å². The summed E-state index contributed by atoms with van der Waals surface area (Å²) in [7, 11) is 0. The van der Waals surface area contributed by atoms with Gasteiger partial charge in [0.25, 0.3) is 0 Å². The Bertz CT molecular complexity index is 800. The number of carbonyl (C=O) groups is 1. The Kier molecular flexibility index (Phi) is 3.40. The first-order valence-corrected chi connectivity index (χ1v) is 7.70. The zero-order valence-corrected chi connectivity index (χ0v) is 12.9. The lowest BCUT2D eigenvalue weighted by molar-refractivity contribution is 0.112. The topological polar surface area (TPSA) is 32.9 Å². The molecule has 0 saturated heterocycles. The molecule has 3 rings (SSSR count). The number of aromatic amines is 1. The van der Waals surface area contributed by atoms with E-state index in [1.54, 1.807) is 11.3 Å². The largest absolute Gasteiger partial charge is 0.353 e. The van der Waals surface area contributed by atoms with Gasteiger partial charge < -0.3 is 4.98 Å². The Balaban J connectivity index is 2.30. The fraction of sp³-hybridized carbons (Fsp3) is 0.188. The second-order valence-electron chi connectivity index (χ2n) is 4.75. The molecule has 0 fully saturated rings. The van der Waals surface area contributed by atoms with Crippen LogP contribution in [0.5, 0.6) is 0 Å². The highest BCUT2D eigenvalue weighted by Crippen LogP contribution is 2.36. The van der Waals surface area contributed by atoms with Gasteiger partial charge in [0.05, 0.1) is 16.1 Å². The van der Waals surface area contributed by atoms with Crippen LogP contribution in [0.2, 0.25) is 5.02 Å². The third-order valence-electron chi connectivity index (χ3n) is 3.58. The van der Waals surface area contributed by atoms with Gasteiger partial charge in [-0.25, -0.2) is 0 Å². The van der Waals surface area contributed by atoms with Crippen molar-refractivity contribution in [3.8, 4) is 10.6 Å². The molecule has 0 aliphatic heterocycles. The molecular weight excluding hydrogens is 290 g/mol. The second kappa shape index (κ2) is 5.08. The predicted molar refractivity (Wildman–Crippen MR) is 86.1 cm³/mol. The molecule has 0 aliphatic rings. The van der Waals surface area contributed by atoms with Crippen LogP contribution < -0.4 is 0 Å². The number of aromatic nitrogens is 1. The summed E-state index contributed by atoms with van der Waals surface area (Å²) in [4.78, 5) is 17.3. The Morgan fingerprint density at radius 1 is 1.30 bits per heavy atom. The van der Waals surface area contributed by atoms with Crippen LogP contribution in [0.25, 0.3) is 21.5 Å². The fourth-order valence-corrected chi connectivity index (χ4v) is 3.54. The number of hydrogen-bond acceptors (Lipinski definition) is 2. The highest BCUT2D eigenvalue weighted by Gasteiger charge is 2.16. The van der Waals surface area contributed by atoms with Crippen LogP contribution in [0.15, 0.2) is 24.3 Å². The van der Waals surface area contributed by atoms with Crippen LogP contribution >= 0.6 is 22.9 Å². The number of benzene rings is 1. The number of rotatable bonds is 3. The van der Waals surface area contributed by atoms with Crippen molar-refractivity contribution in [2.75, 3.05) is 0 Å². The molecule has 0 radical (unpaired) electrons. The smallest absolute Gasteiger partial charge is 0.152 e. The predicted octanol–water partition coefficient (Wildman–Crippen LogP) is 5.23. The van der Waals surface area contributed by atoms with Crippen molar-refractivity contribution in [2.45, 2.75) is 20.3 Å². The van der Waals surface area contributed by atoms with E-state index in [2.05, 4.69) is 24.0 Å². The SMILES string of the molecule is CCc1ccc(-c2[nH]c3c(C)c(Cl)ccc3c2C=O)s1.